The average Bonchev–Trinajstić information content (AvgIpc) is 2.92. The standard InChI is InChI=1S/C23H31NO5/c1-12(24)29-19-9-16-15-5-4-13-8-14(26)6-7-22(13,2)20(15)17(27)10-23(16,3)21(19)18(28)11-25/h6-8,15-17,19-21,24-25,27H,4-5,9-11H2,1-3H3/t15-,16-,17-,19+,20+,21-,22-,23-/m0/s1. The Balaban J connectivity index is 1.74. The van der Waals surface area contributed by atoms with E-state index in [9.17, 15) is 19.8 Å². The number of allylic oxidation sites excluding steroid dienone is 4. The van der Waals surface area contributed by atoms with Crippen molar-refractivity contribution in [3.63, 3.8) is 0 Å². The van der Waals surface area contributed by atoms with Crippen molar-refractivity contribution in [2.75, 3.05) is 6.61 Å². The molecular weight excluding hydrogens is 370 g/mol. The third kappa shape index (κ3) is 2.95. The summed E-state index contributed by atoms with van der Waals surface area (Å²) >= 11 is 0. The lowest BCUT2D eigenvalue weighted by atomic mass is 9.46. The van der Waals surface area contributed by atoms with Gasteiger partial charge in [0.05, 0.1) is 12.0 Å². The first kappa shape index (κ1) is 20.5. The highest BCUT2D eigenvalue weighted by atomic mass is 16.5. The van der Waals surface area contributed by atoms with Crippen molar-refractivity contribution >= 4 is 17.5 Å². The maximum atomic E-state index is 12.7. The van der Waals surface area contributed by atoms with Gasteiger partial charge in [-0.15, -0.1) is 0 Å². The Bertz CT molecular complexity index is 816. The second-order valence-electron chi connectivity index (χ2n) is 9.85. The van der Waals surface area contributed by atoms with E-state index < -0.39 is 30.1 Å². The Labute approximate surface area is 171 Å². The van der Waals surface area contributed by atoms with E-state index in [4.69, 9.17) is 10.1 Å². The lowest BCUT2D eigenvalue weighted by Gasteiger charge is -2.58. The van der Waals surface area contributed by atoms with Crippen molar-refractivity contribution in [2.24, 2.45) is 34.5 Å². The topological polar surface area (TPSA) is 108 Å². The minimum atomic E-state index is -0.610. The largest absolute Gasteiger partial charge is 0.477 e. The number of hydrogen-bond acceptors (Lipinski definition) is 6. The predicted octanol–water partition coefficient (Wildman–Crippen LogP) is 2.43. The molecule has 0 aromatic carbocycles. The van der Waals surface area contributed by atoms with E-state index in [1.165, 1.54) is 0 Å². The Hall–Kier alpha value is -1.79. The molecule has 4 rings (SSSR count). The number of Topliss-reactive ketones (excluding diaryl/α,β-unsaturated/α-hetero) is 1. The van der Waals surface area contributed by atoms with Gasteiger partial charge < -0.3 is 14.9 Å². The Morgan fingerprint density at radius 3 is 2.76 bits per heavy atom. The highest BCUT2D eigenvalue weighted by Crippen LogP contribution is 2.66. The summed E-state index contributed by atoms with van der Waals surface area (Å²) < 4.78 is 5.76. The number of aliphatic hydroxyl groups is 2. The molecule has 4 aliphatic rings. The van der Waals surface area contributed by atoms with Gasteiger partial charge in [-0.2, -0.15) is 0 Å². The van der Waals surface area contributed by atoms with Crippen LogP contribution in [-0.4, -0.2) is 46.5 Å². The lowest BCUT2D eigenvalue weighted by Crippen LogP contribution is -2.56. The second kappa shape index (κ2) is 6.88. The van der Waals surface area contributed by atoms with Gasteiger partial charge in [0.2, 0.25) is 0 Å². The summed E-state index contributed by atoms with van der Waals surface area (Å²) in [7, 11) is 0. The van der Waals surface area contributed by atoms with Crippen molar-refractivity contribution in [3.8, 4) is 0 Å². The van der Waals surface area contributed by atoms with Gasteiger partial charge in [0.25, 0.3) is 0 Å². The fourth-order valence-electron chi connectivity index (χ4n) is 7.33. The van der Waals surface area contributed by atoms with E-state index >= 15 is 0 Å². The third-order valence-corrected chi connectivity index (χ3v) is 8.33. The summed E-state index contributed by atoms with van der Waals surface area (Å²) in [4.78, 5) is 24.6. The van der Waals surface area contributed by atoms with Crippen LogP contribution in [0.4, 0.5) is 0 Å². The van der Waals surface area contributed by atoms with Gasteiger partial charge in [0.1, 0.15) is 12.7 Å². The summed E-state index contributed by atoms with van der Waals surface area (Å²) in [5, 5.41) is 28.7. The molecule has 3 N–H and O–H groups in total. The molecule has 0 aromatic heterocycles. The zero-order valence-electron chi connectivity index (χ0n) is 17.4. The van der Waals surface area contributed by atoms with Crippen LogP contribution >= 0.6 is 0 Å². The molecule has 3 fully saturated rings. The van der Waals surface area contributed by atoms with Gasteiger partial charge in [0, 0.05) is 18.3 Å². The Morgan fingerprint density at radius 1 is 1.38 bits per heavy atom. The molecule has 3 saturated carbocycles. The Kier molecular flexibility index (Phi) is 4.86. The number of carbonyl (C=O) groups is 2. The van der Waals surface area contributed by atoms with Crippen LogP contribution in [0, 0.1) is 39.9 Å². The number of ketones is 2. The molecule has 0 bridgehead atoms. The zero-order valence-corrected chi connectivity index (χ0v) is 17.4. The monoisotopic (exact) mass is 401 g/mol. The maximum Gasteiger partial charge on any atom is 0.178 e. The molecule has 4 aliphatic carbocycles. The number of rotatable bonds is 3. The highest BCUT2D eigenvalue weighted by molar-refractivity contribution is 6.01. The van der Waals surface area contributed by atoms with Crippen molar-refractivity contribution < 1.29 is 24.5 Å². The van der Waals surface area contributed by atoms with Crippen molar-refractivity contribution in [2.45, 2.75) is 58.7 Å². The van der Waals surface area contributed by atoms with Crippen LogP contribution in [-0.2, 0) is 14.3 Å². The van der Waals surface area contributed by atoms with E-state index in [-0.39, 0.29) is 40.6 Å². The van der Waals surface area contributed by atoms with Crippen LogP contribution in [0.1, 0.15) is 46.5 Å². The van der Waals surface area contributed by atoms with E-state index in [0.29, 0.717) is 12.8 Å². The molecule has 8 atom stereocenters. The van der Waals surface area contributed by atoms with Crippen LogP contribution in [0.25, 0.3) is 0 Å². The van der Waals surface area contributed by atoms with E-state index in [1.54, 1.807) is 19.1 Å². The van der Waals surface area contributed by atoms with Gasteiger partial charge in [-0.1, -0.05) is 25.5 Å². The quantitative estimate of drug-likeness (QED) is 0.497. The number of fused-ring (bicyclic) bond motifs is 5. The van der Waals surface area contributed by atoms with E-state index in [2.05, 4.69) is 6.92 Å². The van der Waals surface area contributed by atoms with Gasteiger partial charge >= 0.3 is 0 Å². The van der Waals surface area contributed by atoms with Crippen LogP contribution in [0.15, 0.2) is 23.8 Å². The molecule has 6 heteroatoms. The SMILES string of the molecule is CC(=N)O[C@@H]1C[C@H]2[C@@H]3CCC4=CC(=O)C=C[C@]4(C)[C@H]3[C@@H](O)C[C@]2(C)[C@H]1C(=O)CO. The fourth-order valence-corrected chi connectivity index (χ4v) is 7.33. The fraction of sp³-hybridized carbons (Fsp3) is 0.696. The van der Waals surface area contributed by atoms with Crippen molar-refractivity contribution in [1.29, 1.82) is 5.41 Å². The number of aliphatic hydroxyl groups excluding tert-OH is 2. The summed E-state index contributed by atoms with van der Waals surface area (Å²) in [6.07, 6.45) is 7.03. The van der Waals surface area contributed by atoms with Crippen molar-refractivity contribution in [3.05, 3.63) is 23.8 Å². The number of ether oxygens (including phenoxy) is 1. The number of hydrogen-bond donors (Lipinski definition) is 3. The summed E-state index contributed by atoms with van der Waals surface area (Å²) in [5.74, 6) is -0.383. The number of nitrogens with one attached hydrogen (secondary N) is 1. The van der Waals surface area contributed by atoms with Gasteiger partial charge in [0.15, 0.2) is 17.5 Å². The lowest BCUT2D eigenvalue weighted by molar-refractivity contribution is -0.143. The Morgan fingerprint density at radius 2 is 2.10 bits per heavy atom. The molecule has 0 amide bonds. The molecule has 0 unspecified atom stereocenters. The van der Waals surface area contributed by atoms with Gasteiger partial charge in [-0.3, -0.25) is 15.0 Å². The van der Waals surface area contributed by atoms with Crippen LogP contribution in [0.2, 0.25) is 0 Å². The van der Waals surface area contributed by atoms with Crippen LogP contribution in [0.3, 0.4) is 0 Å². The van der Waals surface area contributed by atoms with Crippen LogP contribution < -0.4 is 0 Å². The highest BCUT2D eigenvalue weighted by Gasteiger charge is 2.65. The summed E-state index contributed by atoms with van der Waals surface area (Å²) in [6, 6.07) is 0. The van der Waals surface area contributed by atoms with E-state index in [0.717, 1.165) is 18.4 Å². The minimum absolute atomic E-state index is 0.00968. The smallest absolute Gasteiger partial charge is 0.178 e. The first-order valence-electron chi connectivity index (χ1n) is 10.6. The molecule has 0 aromatic rings. The summed E-state index contributed by atoms with van der Waals surface area (Å²) in [6.45, 7) is 5.17. The molecule has 0 spiro atoms. The second-order valence-corrected chi connectivity index (χ2v) is 9.85. The average molecular weight is 402 g/mol. The molecule has 158 valence electrons. The maximum absolute atomic E-state index is 12.7. The number of carbonyl (C=O) groups excluding carboxylic acids is 2. The molecule has 6 nitrogen and oxygen atoms in total. The first-order valence-corrected chi connectivity index (χ1v) is 10.6. The normalized spacial score (nSPS) is 45.7. The van der Waals surface area contributed by atoms with Crippen molar-refractivity contribution in [1.82, 2.24) is 0 Å². The molecule has 0 aliphatic heterocycles. The summed E-state index contributed by atoms with van der Waals surface area (Å²) in [5.41, 5.74) is 0.259. The minimum Gasteiger partial charge on any atom is -0.477 e. The molecule has 0 heterocycles. The van der Waals surface area contributed by atoms with Gasteiger partial charge in [-0.05, 0) is 55.1 Å². The third-order valence-electron chi connectivity index (χ3n) is 8.33. The molecule has 29 heavy (non-hydrogen) atoms. The zero-order chi connectivity index (χ0) is 21.1. The molecule has 0 saturated heterocycles. The predicted molar refractivity (Wildman–Crippen MR) is 107 cm³/mol. The molecular formula is C23H31NO5. The van der Waals surface area contributed by atoms with E-state index in [1.807, 2.05) is 13.0 Å². The molecule has 0 radical (unpaired) electrons. The van der Waals surface area contributed by atoms with Gasteiger partial charge in [-0.25, -0.2) is 0 Å². The first-order chi connectivity index (χ1) is 13.6. The van der Waals surface area contributed by atoms with Crippen LogP contribution in [0.5, 0.6) is 0 Å².